The van der Waals surface area contributed by atoms with Crippen molar-refractivity contribution < 1.29 is 24.2 Å². The van der Waals surface area contributed by atoms with Crippen molar-refractivity contribution >= 4 is 35.0 Å². The zero-order valence-electron chi connectivity index (χ0n) is 25.2. The fourth-order valence-electron chi connectivity index (χ4n) is 6.26. The minimum atomic E-state index is -0.679. The molecule has 0 saturated carbocycles. The standard InChI is InChI=1S/C33H35ClN6O5/c1-17-20(6-5-9-24(17)38-31(43)23-12-13-36-40(2)33(23)44)21-7-4-8-22(29(21)34)25-14-18-15-26(41)30(28(18)32(39-25)45-3)35-16-19-10-11-27(42)37-19/h4-9,12,14,19,26,30,35-36,41H,10-11,13,15-16H2,1-3H3,(H,37,42)(H,38,43)/t19-,26+,30-/m0/s1. The van der Waals surface area contributed by atoms with Crippen LogP contribution in [-0.4, -0.2) is 72.2 Å². The van der Waals surface area contributed by atoms with E-state index >= 15 is 0 Å². The Morgan fingerprint density at radius 3 is 2.69 bits per heavy atom. The number of anilines is 1. The number of halogens is 1. The highest BCUT2D eigenvalue weighted by Gasteiger charge is 2.36. The Hall–Kier alpha value is -4.29. The molecule has 1 aromatic heterocycles. The molecule has 6 rings (SSSR count). The number of likely N-dealkylation sites (N-methyl/N-ethyl adjacent to an activating group) is 1. The summed E-state index contributed by atoms with van der Waals surface area (Å²) in [7, 11) is 3.13. The number of aliphatic hydroxyl groups is 1. The van der Waals surface area contributed by atoms with Gasteiger partial charge in [-0.1, -0.05) is 48.0 Å². The highest BCUT2D eigenvalue weighted by atomic mass is 35.5. The summed E-state index contributed by atoms with van der Waals surface area (Å²) < 4.78 is 5.73. The maximum atomic E-state index is 13.0. The van der Waals surface area contributed by atoms with Crippen molar-refractivity contribution in [1.82, 2.24) is 26.1 Å². The molecular formula is C33H35ClN6O5. The van der Waals surface area contributed by atoms with Crippen molar-refractivity contribution in [2.24, 2.45) is 0 Å². The number of benzene rings is 2. The summed E-state index contributed by atoms with van der Waals surface area (Å²) in [5.74, 6) is -0.437. The first-order valence-corrected chi connectivity index (χ1v) is 15.2. The first-order valence-electron chi connectivity index (χ1n) is 14.9. The van der Waals surface area contributed by atoms with Crippen LogP contribution < -0.4 is 26.1 Å². The Morgan fingerprint density at radius 1 is 1.18 bits per heavy atom. The summed E-state index contributed by atoms with van der Waals surface area (Å²) in [6.07, 6.45) is 2.58. The normalized spacial score (nSPS) is 21.0. The van der Waals surface area contributed by atoms with Crippen LogP contribution in [0.1, 0.15) is 35.6 Å². The number of carbonyl (C=O) groups excluding carboxylic acids is 3. The lowest BCUT2D eigenvalue weighted by Gasteiger charge is -2.23. The molecular weight excluding hydrogens is 596 g/mol. The Morgan fingerprint density at radius 2 is 1.93 bits per heavy atom. The van der Waals surface area contributed by atoms with Crippen molar-refractivity contribution in [3.8, 4) is 28.3 Å². The van der Waals surface area contributed by atoms with Crippen molar-refractivity contribution in [3.05, 3.63) is 75.8 Å². The Labute approximate surface area is 266 Å². The van der Waals surface area contributed by atoms with E-state index in [9.17, 15) is 19.5 Å². The molecule has 3 aliphatic rings. The van der Waals surface area contributed by atoms with Gasteiger partial charge in [0.15, 0.2) is 0 Å². The van der Waals surface area contributed by atoms with Crippen LogP contribution in [0.4, 0.5) is 5.69 Å². The minimum Gasteiger partial charge on any atom is -0.481 e. The summed E-state index contributed by atoms with van der Waals surface area (Å²) in [5.41, 5.74) is 8.86. The van der Waals surface area contributed by atoms with Crippen molar-refractivity contribution in [2.75, 3.05) is 32.6 Å². The average Bonchev–Trinajstić information content (AvgIpc) is 3.59. The van der Waals surface area contributed by atoms with Crippen LogP contribution in [-0.2, 0) is 20.8 Å². The van der Waals surface area contributed by atoms with E-state index < -0.39 is 17.9 Å². The fourth-order valence-corrected chi connectivity index (χ4v) is 6.58. The van der Waals surface area contributed by atoms with E-state index in [-0.39, 0.29) is 23.6 Å². The number of fused-ring (bicyclic) bond motifs is 1. The zero-order chi connectivity index (χ0) is 31.8. The maximum absolute atomic E-state index is 13.0. The van der Waals surface area contributed by atoms with Crippen LogP contribution in [0.3, 0.4) is 0 Å². The number of rotatable bonds is 8. The molecule has 234 valence electrons. The van der Waals surface area contributed by atoms with E-state index in [2.05, 4.69) is 21.4 Å². The lowest BCUT2D eigenvalue weighted by molar-refractivity contribution is -0.131. The molecule has 3 aromatic rings. The molecule has 3 atom stereocenters. The number of hydrogen-bond acceptors (Lipinski definition) is 8. The minimum absolute atomic E-state index is 0.0228. The Kier molecular flexibility index (Phi) is 8.61. The van der Waals surface area contributed by atoms with Gasteiger partial charge in [0, 0.05) is 61.4 Å². The number of aromatic nitrogens is 1. The highest BCUT2D eigenvalue weighted by molar-refractivity contribution is 6.36. The van der Waals surface area contributed by atoms with Gasteiger partial charge in [0.2, 0.25) is 11.8 Å². The van der Waals surface area contributed by atoms with Crippen LogP contribution in [0, 0.1) is 6.92 Å². The fraction of sp³-hybridized carbons (Fsp3) is 0.333. The first-order chi connectivity index (χ1) is 21.7. The summed E-state index contributed by atoms with van der Waals surface area (Å²) in [4.78, 5) is 41.9. The van der Waals surface area contributed by atoms with E-state index in [1.807, 2.05) is 43.3 Å². The second-order valence-electron chi connectivity index (χ2n) is 11.5. The molecule has 1 saturated heterocycles. The first kappa shape index (κ1) is 30.7. The number of nitrogens with one attached hydrogen (secondary N) is 4. The predicted octanol–water partition coefficient (Wildman–Crippen LogP) is 3.05. The molecule has 0 unspecified atom stereocenters. The molecule has 12 heteroatoms. The number of amides is 3. The third kappa shape index (κ3) is 5.91. The van der Waals surface area contributed by atoms with Gasteiger partial charge in [-0.25, -0.2) is 10.4 Å². The lowest BCUT2D eigenvalue weighted by atomic mass is 9.96. The van der Waals surface area contributed by atoms with E-state index in [0.717, 1.165) is 34.2 Å². The van der Waals surface area contributed by atoms with Gasteiger partial charge in [0.25, 0.3) is 11.8 Å². The molecule has 3 heterocycles. The van der Waals surface area contributed by atoms with Crippen LogP contribution in [0.2, 0.25) is 5.02 Å². The second kappa shape index (κ2) is 12.6. The molecule has 0 radical (unpaired) electrons. The quantitative estimate of drug-likeness (QED) is 0.239. The molecule has 0 spiro atoms. The van der Waals surface area contributed by atoms with Gasteiger partial charge in [0.1, 0.15) is 5.57 Å². The van der Waals surface area contributed by atoms with E-state index in [4.69, 9.17) is 21.3 Å². The number of hydrazine groups is 1. The lowest BCUT2D eigenvalue weighted by Crippen LogP contribution is -2.46. The maximum Gasteiger partial charge on any atom is 0.273 e. The van der Waals surface area contributed by atoms with Crippen molar-refractivity contribution in [3.63, 3.8) is 0 Å². The summed E-state index contributed by atoms with van der Waals surface area (Å²) in [5, 5.41) is 22.0. The summed E-state index contributed by atoms with van der Waals surface area (Å²) in [6.45, 7) is 2.80. The molecule has 2 aromatic carbocycles. The largest absolute Gasteiger partial charge is 0.481 e. The Bertz CT molecular complexity index is 1730. The van der Waals surface area contributed by atoms with E-state index in [1.165, 1.54) is 5.01 Å². The van der Waals surface area contributed by atoms with Crippen LogP contribution >= 0.6 is 11.6 Å². The van der Waals surface area contributed by atoms with Crippen LogP contribution in [0.5, 0.6) is 5.88 Å². The van der Waals surface area contributed by atoms with E-state index in [0.29, 0.717) is 53.8 Å². The van der Waals surface area contributed by atoms with Gasteiger partial charge in [-0.2, -0.15) is 0 Å². The van der Waals surface area contributed by atoms with Crippen LogP contribution in [0.25, 0.3) is 22.4 Å². The number of aliphatic hydroxyl groups excluding tert-OH is 1. The second-order valence-corrected chi connectivity index (χ2v) is 11.9. The van der Waals surface area contributed by atoms with Gasteiger partial charge in [0.05, 0.1) is 30.0 Å². The summed E-state index contributed by atoms with van der Waals surface area (Å²) >= 11 is 7.07. The zero-order valence-corrected chi connectivity index (χ0v) is 26.0. The highest BCUT2D eigenvalue weighted by Crippen LogP contribution is 2.43. The molecule has 0 bridgehead atoms. The third-order valence-electron chi connectivity index (χ3n) is 8.66. The van der Waals surface area contributed by atoms with E-state index in [1.54, 1.807) is 26.3 Å². The van der Waals surface area contributed by atoms with Gasteiger partial charge in [-0.05, 0) is 42.2 Å². The van der Waals surface area contributed by atoms with Crippen molar-refractivity contribution in [2.45, 2.75) is 44.4 Å². The monoisotopic (exact) mass is 630 g/mol. The average molecular weight is 631 g/mol. The number of pyridine rings is 1. The molecule has 2 aliphatic heterocycles. The van der Waals surface area contributed by atoms with Gasteiger partial charge in [-0.15, -0.1) is 0 Å². The number of hydrogen-bond donors (Lipinski definition) is 5. The van der Waals surface area contributed by atoms with Crippen LogP contribution in [0.15, 0.2) is 54.1 Å². The number of methoxy groups -OCH3 is 1. The molecule has 45 heavy (non-hydrogen) atoms. The number of nitrogens with zero attached hydrogens (tertiary/aromatic N) is 2. The van der Waals surface area contributed by atoms with Gasteiger partial charge < -0.3 is 25.8 Å². The Balaban J connectivity index is 1.29. The summed E-state index contributed by atoms with van der Waals surface area (Å²) in [6, 6.07) is 12.8. The molecule has 1 aliphatic carbocycles. The third-order valence-corrected chi connectivity index (χ3v) is 9.06. The molecule has 5 N–H and O–H groups in total. The number of ether oxygens (including phenoxy) is 1. The van der Waals surface area contributed by atoms with Crippen molar-refractivity contribution in [1.29, 1.82) is 0 Å². The topological polar surface area (TPSA) is 145 Å². The SMILES string of the molecule is COc1nc(-c2cccc(-c3cccc(NC(=O)C4=CCNN(C)C4=O)c3C)c2Cl)cc2c1[C@@H](NC[C@@H]1CCC(=O)N1)[C@H](O)C2. The van der Waals surface area contributed by atoms with Gasteiger partial charge >= 0.3 is 0 Å². The smallest absolute Gasteiger partial charge is 0.273 e. The molecule has 11 nitrogen and oxygen atoms in total. The predicted molar refractivity (Wildman–Crippen MR) is 171 cm³/mol. The van der Waals surface area contributed by atoms with Gasteiger partial charge in [-0.3, -0.25) is 19.4 Å². The number of carbonyl (C=O) groups is 3. The molecule has 1 fully saturated rings. The molecule has 3 amide bonds.